The lowest BCUT2D eigenvalue weighted by atomic mass is 10.2. The van der Waals surface area contributed by atoms with Gasteiger partial charge in [-0.15, -0.1) is 0 Å². The van der Waals surface area contributed by atoms with Gasteiger partial charge in [0.05, 0.1) is 22.3 Å². The minimum Gasteiger partial charge on any atom is -0.353 e. The van der Waals surface area contributed by atoms with Crippen LogP contribution < -0.4 is 10.9 Å². The van der Waals surface area contributed by atoms with Crippen LogP contribution in [0.3, 0.4) is 0 Å². The fourth-order valence-corrected chi connectivity index (χ4v) is 3.61. The number of hydrogen-bond donors (Lipinski definition) is 1. The molecule has 7 heteroatoms. The molecule has 1 heterocycles. The lowest BCUT2D eigenvalue weighted by Crippen LogP contribution is -2.33. The van der Waals surface area contributed by atoms with Gasteiger partial charge in [0.1, 0.15) is 0 Å². The second-order valence-corrected chi connectivity index (χ2v) is 7.58. The zero-order chi connectivity index (χ0) is 19.4. The predicted octanol–water partition coefficient (Wildman–Crippen LogP) is 4.05. The number of aromatic nitrogens is 2. The monoisotopic (exact) mass is 401 g/mol. The van der Waals surface area contributed by atoms with E-state index in [0.29, 0.717) is 26.8 Å². The van der Waals surface area contributed by atoms with E-state index in [9.17, 15) is 9.59 Å². The van der Waals surface area contributed by atoms with Gasteiger partial charge in [-0.25, -0.2) is 4.98 Å². The van der Waals surface area contributed by atoms with Crippen LogP contribution in [0, 0.1) is 0 Å². The van der Waals surface area contributed by atoms with Crippen molar-refractivity contribution in [2.75, 3.05) is 5.75 Å². The molecule has 1 N–H and O–H groups in total. The average Bonchev–Trinajstić information content (AvgIpc) is 2.66. The van der Waals surface area contributed by atoms with E-state index in [1.807, 2.05) is 19.9 Å². The second-order valence-electron chi connectivity index (χ2n) is 6.20. The van der Waals surface area contributed by atoms with Crippen molar-refractivity contribution in [3.63, 3.8) is 0 Å². The van der Waals surface area contributed by atoms with Crippen molar-refractivity contribution >= 4 is 40.2 Å². The van der Waals surface area contributed by atoms with Crippen LogP contribution in [0.2, 0.25) is 5.02 Å². The van der Waals surface area contributed by atoms with Crippen molar-refractivity contribution in [3.8, 4) is 5.69 Å². The van der Waals surface area contributed by atoms with E-state index in [4.69, 9.17) is 11.6 Å². The van der Waals surface area contributed by atoms with Gasteiger partial charge >= 0.3 is 0 Å². The first kappa shape index (κ1) is 19.5. The predicted molar refractivity (Wildman–Crippen MR) is 111 cm³/mol. The molecule has 2 aromatic carbocycles. The molecule has 1 amide bonds. The smallest absolute Gasteiger partial charge is 0.266 e. The quantitative estimate of drug-likeness (QED) is 0.500. The first-order chi connectivity index (χ1) is 13.0. The van der Waals surface area contributed by atoms with Crippen molar-refractivity contribution in [2.45, 2.75) is 31.5 Å². The van der Waals surface area contributed by atoms with Crippen LogP contribution in [0.4, 0.5) is 0 Å². The van der Waals surface area contributed by atoms with Crippen molar-refractivity contribution in [2.24, 2.45) is 0 Å². The van der Waals surface area contributed by atoms with Gasteiger partial charge in [-0.3, -0.25) is 14.2 Å². The molecule has 3 rings (SSSR count). The maximum atomic E-state index is 13.1. The van der Waals surface area contributed by atoms with Gasteiger partial charge in [-0.1, -0.05) is 48.5 Å². The first-order valence-electron chi connectivity index (χ1n) is 8.69. The average molecular weight is 402 g/mol. The maximum Gasteiger partial charge on any atom is 0.266 e. The Bertz CT molecular complexity index is 1040. The molecule has 0 radical (unpaired) electrons. The molecule has 5 nitrogen and oxygen atoms in total. The number of fused-ring (bicyclic) bond motifs is 1. The minimum atomic E-state index is -0.187. The van der Waals surface area contributed by atoms with Crippen molar-refractivity contribution in [1.29, 1.82) is 0 Å². The summed E-state index contributed by atoms with van der Waals surface area (Å²) in [5, 5.41) is 4.43. The molecular weight excluding hydrogens is 382 g/mol. The fraction of sp³-hybridized carbons (Fsp3) is 0.250. The Morgan fingerprint density at radius 2 is 2.04 bits per heavy atom. The van der Waals surface area contributed by atoms with Gasteiger partial charge in [0.2, 0.25) is 5.91 Å². The fourth-order valence-electron chi connectivity index (χ4n) is 2.60. The zero-order valence-electron chi connectivity index (χ0n) is 15.1. The summed E-state index contributed by atoms with van der Waals surface area (Å²) in [6, 6.07) is 14.3. The van der Waals surface area contributed by atoms with Gasteiger partial charge in [0.25, 0.3) is 5.56 Å². The zero-order valence-corrected chi connectivity index (χ0v) is 16.7. The Hall–Kier alpha value is -2.31. The van der Waals surface area contributed by atoms with Crippen molar-refractivity contribution < 1.29 is 4.79 Å². The molecule has 0 aliphatic heterocycles. The SMILES string of the molecule is CC[C@@H](C)NC(=O)CSc1nc2ccccc2c(=O)n1-c1cccc(Cl)c1. The Morgan fingerprint density at radius 1 is 1.26 bits per heavy atom. The third-order valence-corrected chi connectivity index (χ3v) is 5.34. The van der Waals surface area contributed by atoms with E-state index in [2.05, 4.69) is 10.3 Å². The summed E-state index contributed by atoms with van der Waals surface area (Å²) < 4.78 is 1.51. The van der Waals surface area contributed by atoms with E-state index in [1.165, 1.54) is 16.3 Å². The van der Waals surface area contributed by atoms with Crippen LogP contribution in [-0.2, 0) is 4.79 Å². The number of hydrogen-bond acceptors (Lipinski definition) is 4. The number of thioether (sulfide) groups is 1. The molecule has 1 aromatic heterocycles. The number of nitrogens with one attached hydrogen (secondary N) is 1. The maximum absolute atomic E-state index is 13.1. The number of carbonyl (C=O) groups excluding carboxylic acids is 1. The summed E-state index contributed by atoms with van der Waals surface area (Å²) in [7, 11) is 0. The summed E-state index contributed by atoms with van der Waals surface area (Å²) in [5.74, 6) is 0.0878. The van der Waals surface area contributed by atoms with Crippen LogP contribution >= 0.6 is 23.4 Å². The van der Waals surface area contributed by atoms with Crippen molar-refractivity contribution in [1.82, 2.24) is 14.9 Å². The molecule has 0 bridgehead atoms. The molecule has 140 valence electrons. The van der Waals surface area contributed by atoms with Crippen LogP contribution in [0.5, 0.6) is 0 Å². The highest BCUT2D eigenvalue weighted by atomic mass is 35.5. The number of amides is 1. The number of halogens is 1. The molecule has 0 fully saturated rings. The second kappa shape index (κ2) is 8.59. The molecule has 27 heavy (non-hydrogen) atoms. The summed E-state index contributed by atoms with van der Waals surface area (Å²) in [6.07, 6.45) is 0.859. The molecule has 0 saturated carbocycles. The van der Waals surface area contributed by atoms with Gasteiger partial charge < -0.3 is 5.32 Å². The van der Waals surface area contributed by atoms with Crippen LogP contribution in [0.25, 0.3) is 16.6 Å². The Morgan fingerprint density at radius 3 is 2.78 bits per heavy atom. The van der Waals surface area contributed by atoms with E-state index >= 15 is 0 Å². The normalized spacial score (nSPS) is 12.1. The summed E-state index contributed by atoms with van der Waals surface area (Å²) in [6.45, 7) is 3.97. The molecule has 0 spiro atoms. The number of benzene rings is 2. The molecule has 1 atom stereocenters. The lowest BCUT2D eigenvalue weighted by molar-refractivity contribution is -0.119. The minimum absolute atomic E-state index is 0.0885. The third kappa shape index (κ3) is 4.51. The number of rotatable bonds is 6. The van der Waals surface area contributed by atoms with Gasteiger partial charge in [-0.2, -0.15) is 0 Å². The van der Waals surface area contributed by atoms with Crippen LogP contribution in [-0.4, -0.2) is 27.3 Å². The van der Waals surface area contributed by atoms with Crippen LogP contribution in [0.1, 0.15) is 20.3 Å². The lowest BCUT2D eigenvalue weighted by Gasteiger charge is -2.14. The molecule has 0 aliphatic carbocycles. The Balaban J connectivity index is 2.03. The molecule has 0 unspecified atom stereocenters. The number of nitrogens with zero attached hydrogens (tertiary/aromatic N) is 2. The molecule has 0 saturated heterocycles. The first-order valence-corrected chi connectivity index (χ1v) is 10.1. The van der Waals surface area contributed by atoms with E-state index in [0.717, 1.165) is 6.42 Å². The topological polar surface area (TPSA) is 64.0 Å². The van der Waals surface area contributed by atoms with E-state index in [-0.39, 0.29) is 23.3 Å². The largest absolute Gasteiger partial charge is 0.353 e. The summed E-state index contributed by atoms with van der Waals surface area (Å²) in [5.41, 5.74) is 1.04. The summed E-state index contributed by atoms with van der Waals surface area (Å²) in [4.78, 5) is 29.9. The Kier molecular flexibility index (Phi) is 6.19. The standard InChI is InChI=1S/C20H20ClN3O2S/c1-3-13(2)22-18(25)12-27-20-23-17-10-5-4-9-16(17)19(26)24(20)15-8-6-7-14(21)11-15/h4-11,13H,3,12H2,1-2H3,(H,22,25)/t13-/m1/s1. The Labute approximate surface area is 166 Å². The third-order valence-electron chi connectivity index (χ3n) is 4.16. The highest BCUT2D eigenvalue weighted by Crippen LogP contribution is 2.22. The molecular formula is C20H20ClN3O2S. The number of para-hydroxylation sites is 1. The van der Waals surface area contributed by atoms with Gasteiger partial charge in [-0.05, 0) is 43.7 Å². The van der Waals surface area contributed by atoms with Crippen LogP contribution in [0.15, 0.2) is 58.5 Å². The summed E-state index contributed by atoms with van der Waals surface area (Å²) >= 11 is 7.35. The van der Waals surface area contributed by atoms with Crippen molar-refractivity contribution in [3.05, 3.63) is 63.9 Å². The highest BCUT2D eigenvalue weighted by Gasteiger charge is 2.15. The highest BCUT2D eigenvalue weighted by molar-refractivity contribution is 7.99. The van der Waals surface area contributed by atoms with E-state index < -0.39 is 0 Å². The molecule has 0 aliphatic rings. The van der Waals surface area contributed by atoms with E-state index in [1.54, 1.807) is 42.5 Å². The van der Waals surface area contributed by atoms with Gasteiger partial charge in [0.15, 0.2) is 5.16 Å². The number of carbonyl (C=O) groups is 1. The van der Waals surface area contributed by atoms with Gasteiger partial charge in [0, 0.05) is 11.1 Å². The molecule has 3 aromatic rings.